The van der Waals surface area contributed by atoms with Gasteiger partial charge in [0.25, 0.3) is 0 Å². The predicted octanol–water partition coefficient (Wildman–Crippen LogP) is 2.68. The van der Waals surface area contributed by atoms with E-state index in [2.05, 4.69) is 0 Å². The van der Waals surface area contributed by atoms with Gasteiger partial charge in [0.15, 0.2) is 0 Å². The van der Waals surface area contributed by atoms with Gasteiger partial charge in [0, 0.05) is 19.0 Å². The molecule has 0 radical (unpaired) electrons. The minimum Gasteiger partial charge on any atom is -0.465 e. The number of esters is 2. The van der Waals surface area contributed by atoms with Crippen molar-refractivity contribution < 1.29 is 19.1 Å². The lowest BCUT2D eigenvalue weighted by molar-refractivity contribution is 0.0560. The van der Waals surface area contributed by atoms with Crippen LogP contribution in [0.3, 0.4) is 0 Å². The predicted molar refractivity (Wildman–Crippen MR) is 80.0 cm³/mol. The van der Waals surface area contributed by atoms with Crippen LogP contribution in [0.4, 0.5) is 5.69 Å². The number of carbonyl (C=O) groups excluding carboxylic acids is 2. The highest BCUT2D eigenvalue weighted by molar-refractivity contribution is 7.15. The second kappa shape index (κ2) is 5.83. The topological polar surface area (TPSA) is 55.8 Å². The molecule has 0 atom stereocenters. The molecule has 0 unspecified atom stereocenters. The Balaban J connectivity index is 3.70. The average Bonchev–Trinajstić information content (AvgIpc) is 2.77. The van der Waals surface area contributed by atoms with E-state index in [9.17, 15) is 9.59 Å². The Morgan fingerprint density at radius 2 is 1.55 bits per heavy atom. The van der Waals surface area contributed by atoms with Crippen molar-refractivity contribution in [3.05, 3.63) is 15.3 Å². The molecular weight excluding hydrogens is 278 g/mol. The first-order chi connectivity index (χ1) is 9.15. The number of hydrogen-bond acceptors (Lipinski definition) is 6. The molecule has 0 aliphatic rings. The standard InChI is InChI=1S/C14H21NO4S/c1-14(2,3)11-9(15(4)5)8(12(16)18-6)10(20-11)13(17)19-7/h1-7H3. The summed E-state index contributed by atoms with van der Waals surface area (Å²) in [5.41, 5.74) is 0.799. The highest BCUT2D eigenvalue weighted by Crippen LogP contribution is 2.43. The average molecular weight is 299 g/mol. The molecule has 0 bridgehead atoms. The third kappa shape index (κ3) is 2.95. The fourth-order valence-corrected chi connectivity index (χ4v) is 3.23. The Bertz CT molecular complexity index is 526. The van der Waals surface area contributed by atoms with Gasteiger partial charge in [0.1, 0.15) is 10.4 Å². The molecule has 5 nitrogen and oxygen atoms in total. The van der Waals surface area contributed by atoms with Gasteiger partial charge in [-0.05, 0) is 5.41 Å². The van der Waals surface area contributed by atoms with Crippen LogP contribution >= 0.6 is 11.3 Å². The summed E-state index contributed by atoms with van der Waals surface area (Å²) in [7, 11) is 6.28. The summed E-state index contributed by atoms with van der Waals surface area (Å²) in [6, 6.07) is 0. The number of ether oxygens (including phenoxy) is 2. The normalized spacial score (nSPS) is 11.2. The van der Waals surface area contributed by atoms with Crippen molar-refractivity contribution in [2.45, 2.75) is 26.2 Å². The summed E-state index contributed by atoms with van der Waals surface area (Å²) >= 11 is 1.28. The zero-order valence-electron chi connectivity index (χ0n) is 13.0. The summed E-state index contributed by atoms with van der Waals surface area (Å²) in [5.74, 6) is -1.05. The van der Waals surface area contributed by atoms with Crippen LogP contribution in [0.25, 0.3) is 0 Å². The third-order valence-corrected chi connectivity index (χ3v) is 4.36. The van der Waals surface area contributed by atoms with Gasteiger partial charge < -0.3 is 14.4 Å². The molecule has 0 amide bonds. The van der Waals surface area contributed by atoms with E-state index in [0.717, 1.165) is 10.6 Å². The molecule has 0 fully saturated rings. The summed E-state index contributed by atoms with van der Waals surface area (Å²) in [5, 5.41) is 0. The van der Waals surface area contributed by atoms with E-state index in [1.807, 2.05) is 39.8 Å². The Labute approximate surface area is 123 Å². The molecule has 112 valence electrons. The minimum atomic E-state index is -0.527. The van der Waals surface area contributed by atoms with Crippen molar-refractivity contribution in [1.82, 2.24) is 0 Å². The van der Waals surface area contributed by atoms with Crippen LogP contribution in [0.2, 0.25) is 0 Å². The fourth-order valence-electron chi connectivity index (χ4n) is 1.89. The Morgan fingerprint density at radius 3 is 1.90 bits per heavy atom. The first-order valence-electron chi connectivity index (χ1n) is 6.16. The lowest BCUT2D eigenvalue weighted by atomic mass is 9.92. The minimum absolute atomic E-state index is 0.195. The van der Waals surface area contributed by atoms with Gasteiger partial charge >= 0.3 is 11.9 Å². The maximum Gasteiger partial charge on any atom is 0.349 e. The van der Waals surface area contributed by atoms with E-state index in [4.69, 9.17) is 9.47 Å². The summed E-state index contributed by atoms with van der Waals surface area (Å²) in [4.78, 5) is 27.1. The fraction of sp³-hybridized carbons (Fsp3) is 0.571. The van der Waals surface area contributed by atoms with Crippen LogP contribution in [0, 0.1) is 0 Å². The van der Waals surface area contributed by atoms with Crippen LogP contribution in [-0.4, -0.2) is 40.3 Å². The molecule has 0 N–H and O–H groups in total. The van der Waals surface area contributed by atoms with Gasteiger partial charge in [0.05, 0.1) is 19.9 Å². The van der Waals surface area contributed by atoms with E-state index >= 15 is 0 Å². The molecule has 0 aromatic carbocycles. The smallest absolute Gasteiger partial charge is 0.349 e. The van der Waals surface area contributed by atoms with Crippen molar-refractivity contribution in [2.24, 2.45) is 0 Å². The van der Waals surface area contributed by atoms with Crippen molar-refractivity contribution in [1.29, 1.82) is 0 Å². The highest BCUT2D eigenvalue weighted by atomic mass is 32.1. The molecule has 6 heteroatoms. The van der Waals surface area contributed by atoms with E-state index in [0.29, 0.717) is 0 Å². The van der Waals surface area contributed by atoms with E-state index < -0.39 is 11.9 Å². The second-order valence-corrected chi connectivity index (χ2v) is 6.63. The van der Waals surface area contributed by atoms with Crippen LogP contribution in [0.15, 0.2) is 0 Å². The second-order valence-electron chi connectivity index (χ2n) is 5.61. The van der Waals surface area contributed by atoms with Gasteiger partial charge in [-0.15, -0.1) is 11.3 Å². The number of nitrogens with zero attached hydrogens (tertiary/aromatic N) is 1. The maximum atomic E-state index is 12.1. The van der Waals surface area contributed by atoms with Gasteiger partial charge in [-0.2, -0.15) is 0 Å². The number of methoxy groups -OCH3 is 2. The van der Waals surface area contributed by atoms with Crippen LogP contribution in [-0.2, 0) is 14.9 Å². The highest BCUT2D eigenvalue weighted by Gasteiger charge is 2.34. The Kier molecular flexibility index (Phi) is 4.81. The van der Waals surface area contributed by atoms with Crippen LogP contribution in [0.5, 0.6) is 0 Å². The number of carbonyl (C=O) groups is 2. The van der Waals surface area contributed by atoms with E-state index in [-0.39, 0.29) is 15.9 Å². The summed E-state index contributed by atoms with van der Waals surface area (Å²) < 4.78 is 9.60. The number of rotatable bonds is 3. The monoisotopic (exact) mass is 299 g/mol. The van der Waals surface area contributed by atoms with Crippen molar-refractivity contribution in [3.8, 4) is 0 Å². The number of hydrogen-bond donors (Lipinski definition) is 0. The molecule has 1 heterocycles. The molecule has 0 aliphatic carbocycles. The molecule has 1 aromatic heterocycles. The maximum absolute atomic E-state index is 12.1. The molecule has 1 rings (SSSR count). The van der Waals surface area contributed by atoms with Crippen molar-refractivity contribution in [2.75, 3.05) is 33.2 Å². The van der Waals surface area contributed by atoms with E-state index in [1.165, 1.54) is 25.6 Å². The zero-order valence-corrected chi connectivity index (χ0v) is 13.8. The van der Waals surface area contributed by atoms with Gasteiger partial charge in [0.2, 0.25) is 0 Å². The molecule has 0 saturated heterocycles. The largest absolute Gasteiger partial charge is 0.465 e. The van der Waals surface area contributed by atoms with Crippen LogP contribution < -0.4 is 4.90 Å². The lowest BCUT2D eigenvalue weighted by Crippen LogP contribution is -2.20. The first-order valence-corrected chi connectivity index (χ1v) is 6.98. The summed E-state index contributed by atoms with van der Waals surface area (Å²) in [6.07, 6.45) is 0. The first kappa shape index (κ1) is 16.5. The van der Waals surface area contributed by atoms with Crippen LogP contribution in [0.1, 0.15) is 45.7 Å². The van der Waals surface area contributed by atoms with Crippen molar-refractivity contribution in [3.63, 3.8) is 0 Å². The molecule has 0 spiro atoms. The zero-order chi connectivity index (χ0) is 15.7. The molecule has 1 aromatic rings. The molecular formula is C14H21NO4S. The number of anilines is 1. The van der Waals surface area contributed by atoms with Crippen molar-refractivity contribution >= 4 is 29.0 Å². The molecule has 0 aliphatic heterocycles. The lowest BCUT2D eigenvalue weighted by Gasteiger charge is -2.23. The van der Waals surface area contributed by atoms with Gasteiger partial charge in [-0.25, -0.2) is 9.59 Å². The number of thiophene rings is 1. The van der Waals surface area contributed by atoms with E-state index in [1.54, 1.807) is 0 Å². The molecule has 20 heavy (non-hydrogen) atoms. The quantitative estimate of drug-likeness (QED) is 0.803. The molecule has 0 saturated carbocycles. The Hall–Kier alpha value is -1.56. The Morgan fingerprint density at radius 1 is 1.05 bits per heavy atom. The summed E-state index contributed by atoms with van der Waals surface area (Å²) in [6.45, 7) is 6.11. The van der Waals surface area contributed by atoms with Gasteiger partial charge in [-0.1, -0.05) is 20.8 Å². The SMILES string of the molecule is COC(=O)c1sc(C(C)(C)C)c(N(C)C)c1C(=O)OC. The van der Waals surface area contributed by atoms with Gasteiger partial charge in [-0.3, -0.25) is 0 Å². The third-order valence-electron chi connectivity index (χ3n) is 2.77.